The van der Waals surface area contributed by atoms with Crippen molar-refractivity contribution in [2.75, 3.05) is 20.8 Å². The van der Waals surface area contributed by atoms with Crippen molar-refractivity contribution in [3.8, 4) is 5.75 Å². The van der Waals surface area contributed by atoms with Gasteiger partial charge in [-0.05, 0) is 80.2 Å². The van der Waals surface area contributed by atoms with Crippen molar-refractivity contribution in [3.63, 3.8) is 0 Å². The summed E-state index contributed by atoms with van der Waals surface area (Å²) in [4.78, 5) is 29.5. The van der Waals surface area contributed by atoms with Gasteiger partial charge in [0.2, 0.25) is 0 Å². The number of nitrogens with zero attached hydrogens (tertiary/aromatic N) is 1. The number of benzene rings is 1. The molecular weight excluding hydrogens is 390 g/mol. The summed E-state index contributed by atoms with van der Waals surface area (Å²) in [5, 5.41) is 0. The van der Waals surface area contributed by atoms with Gasteiger partial charge >= 0.3 is 5.97 Å². The molecule has 0 radical (unpaired) electrons. The third-order valence-corrected chi connectivity index (χ3v) is 8.47. The van der Waals surface area contributed by atoms with Gasteiger partial charge in [-0.2, -0.15) is 0 Å². The van der Waals surface area contributed by atoms with Crippen LogP contribution in [0.2, 0.25) is 0 Å². The molecule has 0 amide bonds. The molecule has 2 aliphatic carbocycles. The minimum absolute atomic E-state index is 0.0711. The van der Waals surface area contributed by atoms with Gasteiger partial charge in [-0.1, -0.05) is 26.8 Å². The topological polar surface area (TPSA) is 55.8 Å². The molecule has 5 nitrogen and oxygen atoms in total. The predicted molar refractivity (Wildman–Crippen MR) is 120 cm³/mol. The number of carbonyl (C=O) groups excluding carboxylic acids is 2. The summed E-state index contributed by atoms with van der Waals surface area (Å²) in [7, 11) is 3.81. The lowest BCUT2D eigenvalue weighted by atomic mass is 9.45. The van der Waals surface area contributed by atoms with Crippen molar-refractivity contribution < 1.29 is 19.1 Å². The van der Waals surface area contributed by atoms with Crippen molar-refractivity contribution in [3.05, 3.63) is 29.3 Å². The Hall–Kier alpha value is -1.88. The van der Waals surface area contributed by atoms with E-state index in [0.717, 1.165) is 25.0 Å². The Balaban J connectivity index is 1.77. The summed E-state index contributed by atoms with van der Waals surface area (Å²) >= 11 is 0. The highest BCUT2D eigenvalue weighted by Crippen LogP contribution is 2.62. The lowest BCUT2D eigenvalue weighted by molar-refractivity contribution is -0.189. The monoisotopic (exact) mass is 427 g/mol. The molecule has 31 heavy (non-hydrogen) atoms. The molecule has 1 aromatic carbocycles. The van der Waals surface area contributed by atoms with E-state index in [2.05, 4.69) is 44.9 Å². The molecule has 5 heteroatoms. The van der Waals surface area contributed by atoms with Crippen LogP contribution in [-0.2, 0) is 26.2 Å². The van der Waals surface area contributed by atoms with Gasteiger partial charge in [-0.3, -0.25) is 14.5 Å². The molecule has 4 bridgehead atoms. The minimum Gasteiger partial charge on any atom is -0.497 e. The summed E-state index contributed by atoms with van der Waals surface area (Å²) < 4.78 is 11.1. The second kappa shape index (κ2) is 7.91. The van der Waals surface area contributed by atoms with Gasteiger partial charge in [0.05, 0.1) is 13.7 Å². The number of Topliss-reactive ketones (excluding diaryl/α,β-unsaturated/α-hetero) is 1. The van der Waals surface area contributed by atoms with Crippen molar-refractivity contribution in [1.29, 1.82) is 0 Å². The van der Waals surface area contributed by atoms with Crippen LogP contribution in [0.5, 0.6) is 5.75 Å². The van der Waals surface area contributed by atoms with E-state index in [1.807, 2.05) is 13.0 Å². The average Bonchev–Trinajstić information content (AvgIpc) is 2.74. The maximum absolute atomic E-state index is 13.7. The van der Waals surface area contributed by atoms with Gasteiger partial charge in [0.25, 0.3) is 0 Å². The molecular formula is C26H37NO4. The Kier molecular flexibility index (Phi) is 5.70. The van der Waals surface area contributed by atoms with Crippen LogP contribution in [0.1, 0.15) is 64.5 Å². The van der Waals surface area contributed by atoms with Gasteiger partial charge in [0.15, 0.2) is 5.78 Å². The third-order valence-electron chi connectivity index (χ3n) is 8.47. The van der Waals surface area contributed by atoms with Crippen LogP contribution in [-0.4, -0.2) is 49.5 Å². The van der Waals surface area contributed by atoms with E-state index < -0.39 is 5.41 Å². The van der Waals surface area contributed by atoms with E-state index in [9.17, 15) is 9.59 Å². The van der Waals surface area contributed by atoms with Crippen molar-refractivity contribution >= 4 is 11.8 Å². The fourth-order valence-electron chi connectivity index (χ4n) is 6.75. The smallest absolute Gasteiger partial charge is 0.321 e. The van der Waals surface area contributed by atoms with Crippen LogP contribution < -0.4 is 4.74 Å². The van der Waals surface area contributed by atoms with Gasteiger partial charge in [0.1, 0.15) is 11.2 Å². The van der Waals surface area contributed by atoms with Gasteiger partial charge in [-0.25, -0.2) is 0 Å². The number of ketones is 1. The second-order valence-electron chi connectivity index (χ2n) is 10.5. The Morgan fingerprint density at radius 1 is 1.26 bits per heavy atom. The van der Waals surface area contributed by atoms with Gasteiger partial charge in [-0.15, -0.1) is 0 Å². The first-order valence-electron chi connectivity index (χ1n) is 11.8. The number of hydrogen-bond acceptors (Lipinski definition) is 5. The number of carbonyl (C=O) groups is 2. The molecule has 2 heterocycles. The number of piperidine rings is 2. The van der Waals surface area contributed by atoms with Crippen molar-refractivity contribution in [1.82, 2.24) is 4.90 Å². The molecule has 2 saturated heterocycles. The summed E-state index contributed by atoms with van der Waals surface area (Å²) in [5.41, 5.74) is 1.58. The highest BCUT2D eigenvalue weighted by atomic mass is 16.5. The van der Waals surface area contributed by atoms with Crippen LogP contribution in [0.25, 0.3) is 0 Å². The summed E-state index contributed by atoms with van der Waals surface area (Å²) in [6.07, 6.45) is 3.58. The summed E-state index contributed by atoms with van der Waals surface area (Å²) in [6.45, 7) is 8.71. The lowest BCUT2D eigenvalue weighted by Crippen LogP contribution is -2.74. The first kappa shape index (κ1) is 22.3. The summed E-state index contributed by atoms with van der Waals surface area (Å²) in [5.74, 6) is 1.30. The van der Waals surface area contributed by atoms with Gasteiger partial charge < -0.3 is 9.47 Å². The minimum atomic E-state index is -1.04. The van der Waals surface area contributed by atoms with Crippen molar-refractivity contribution in [2.24, 2.45) is 17.3 Å². The quantitative estimate of drug-likeness (QED) is 0.483. The first-order chi connectivity index (χ1) is 14.7. The van der Waals surface area contributed by atoms with E-state index in [1.165, 1.54) is 11.1 Å². The zero-order chi connectivity index (χ0) is 22.6. The van der Waals surface area contributed by atoms with Crippen LogP contribution >= 0.6 is 0 Å². The predicted octanol–water partition coefficient (Wildman–Crippen LogP) is 4.16. The first-order valence-corrected chi connectivity index (χ1v) is 11.8. The Labute approximate surface area is 186 Å². The number of methoxy groups -OCH3 is 1. The average molecular weight is 428 g/mol. The molecule has 1 aromatic rings. The molecule has 4 aliphatic rings. The van der Waals surface area contributed by atoms with E-state index in [4.69, 9.17) is 9.47 Å². The number of esters is 1. The Morgan fingerprint density at radius 3 is 2.65 bits per heavy atom. The van der Waals surface area contributed by atoms with E-state index in [0.29, 0.717) is 31.4 Å². The van der Waals surface area contributed by atoms with Gasteiger partial charge in [0, 0.05) is 18.5 Å². The van der Waals surface area contributed by atoms with Crippen LogP contribution in [0.15, 0.2) is 18.2 Å². The van der Waals surface area contributed by atoms with Crippen LogP contribution in [0, 0.1) is 17.3 Å². The van der Waals surface area contributed by atoms with E-state index in [1.54, 1.807) is 7.11 Å². The van der Waals surface area contributed by atoms with E-state index in [-0.39, 0.29) is 29.1 Å². The maximum atomic E-state index is 13.7. The second-order valence-corrected chi connectivity index (χ2v) is 10.5. The highest BCUT2D eigenvalue weighted by molar-refractivity contribution is 6.05. The number of ether oxygens (including phenoxy) is 2. The Bertz CT molecular complexity index is 880. The lowest BCUT2D eigenvalue weighted by Gasteiger charge is -2.66. The molecule has 2 aliphatic heterocycles. The molecule has 0 spiro atoms. The summed E-state index contributed by atoms with van der Waals surface area (Å²) in [6, 6.07) is 6.62. The highest BCUT2D eigenvalue weighted by Gasteiger charge is 2.69. The molecule has 5 atom stereocenters. The standard InChI is InChI=1S/C26H37NO4/c1-7-31-24(29)26(23(28)11-8-16(2)3)14-20-21-12-17-9-10-18(30-6)13-19(17)25(20,4)15-22(26)27(21)5/h9-10,13,16,20-22H,7-8,11-12,14-15H2,1-6H3/t20?,21?,22?,25-,26?/m1/s1. The number of hydrogen-bond donors (Lipinski definition) is 0. The normalized spacial score (nSPS) is 33.8. The van der Waals surface area contributed by atoms with Crippen molar-refractivity contribution in [2.45, 2.75) is 77.3 Å². The number of likely N-dealkylation sites (N-methyl/N-ethyl adjacent to an activating group) is 1. The number of fused-ring (bicyclic) bond motifs is 2. The van der Waals surface area contributed by atoms with Crippen LogP contribution in [0.3, 0.4) is 0 Å². The molecule has 0 aromatic heterocycles. The molecule has 3 fully saturated rings. The molecule has 5 rings (SSSR count). The van der Waals surface area contributed by atoms with E-state index >= 15 is 0 Å². The molecule has 0 N–H and O–H groups in total. The zero-order valence-electron chi connectivity index (χ0n) is 19.9. The fraction of sp³-hybridized carbons (Fsp3) is 0.692. The Morgan fingerprint density at radius 2 is 2.00 bits per heavy atom. The fourth-order valence-corrected chi connectivity index (χ4v) is 6.75. The zero-order valence-corrected chi connectivity index (χ0v) is 19.9. The maximum Gasteiger partial charge on any atom is 0.321 e. The SMILES string of the molecule is CCOC(=O)C1(C(=O)CCC(C)C)CC2C3Cc4ccc(OC)cc4[C@@]2(C)CC1N3C. The molecule has 1 saturated carbocycles. The van der Waals surface area contributed by atoms with Crippen LogP contribution in [0.4, 0.5) is 0 Å². The third kappa shape index (κ3) is 3.23. The molecule has 170 valence electrons. The largest absolute Gasteiger partial charge is 0.497 e. The molecule has 4 unspecified atom stereocenters. The number of rotatable bonds is 7.